The number of hydrogen-bond acceptors (Lipinski definition) is 9. The molecule has 39 heavy (non-hydrogen) atoms. The minimum atomic E-state index is -3.01. The number of carboxylic acid groups (broad SMARTS) is 1. The third-order valence-electron chi connectivity index (χ3n) is 6.31. The van der Waals surface area contributed by atoms with Crippen LogP contribution in [0.5, 0.6) is 5.88 Å². The fraction of sp³-hybridized carbons (Fsp3) is 0.375. The summed E-state index contributed by atoms with van der Waals surface area (Å²) >= 11 is 0. The zero-order valence-corrected chi connectivity index (χ0v) is 21.0. The molecule has 0 radical (unpaired) electrons. The lowest BCUT2D eigenvalue weighted by molar-refractivity contribution is -0.139. The third-order valence-corrected chi connectivity index (χ3v) is 6.31. The molecule has 12 nitrogen and oxygen atoms in total. The second kappa shape index (κ2) is 10.3. The number of rotatable bonds is 8. The summed E-state index contributed by atoms with van der Waals surface area (Å²) in [6.45, 7) is 1.40. The number of pyridine rings is 1. The zero-order chi connectivity index (χ0) is 27.7. The van der Waals surface area contributed by atoms with Gasteiger partial charge in [-0.2, -0.15) is 5.10 Å². The molecule has 1 atom stereocenters. The van der Waals surface area contributed by atoms with E-state index in [0.717, 1.165) is 6.20 Å². The lowest BCUT2D eigenvalue weighted by Crippen LogP contribution is -2.48. The van der Waals surface area contributed by atoms with Crippen LogP contribution in [0.15, 0.2) is 36.9 Å². The Kier molecular flexibility index (Phi) is 6.89. The van der Waals surface area contributed by atoms with Gasteiger partial charge in [0.15, 0.2) is 11.6 Å². The second-order valence-electron chi connectivity index (χ2n) is 9.32. The standard InChI is InChI=1S/C24H24F3N9O3/c1-14-18(35-9-15(5-22(37)38)7-24(26,27)12-35)4-3-17(31-14)23-19(34(2)33-32-23)11-39-21-6-20(28-13-29-21)36-10-16(25)8-30-36/h3-4,6,8,10,13,15H,5,7,9,11-12H2,1-2H3,(H,37,38). The molecule has 4 aromatic rings. The Balaban J connectivity index is 1.35. The molecule has 1 aliphatic heterocycles. The maximum Gasteiger partial charge on any atom is 0.303 e. The van der Waals surface area contributed by atoms with Crippen molar-refractivity contribution >= 4 is 11.7 Å². The van der Waals surface area contributed by atoms with Crippen LogP contribution in [-0.2, 0) is 18.4 Å². The first-order chi connectivity index (χ1) is 18.6. The Morgan fingerprint density at radius 1 is 1.28 bits per heavy atom. The van der Waals surface area contributed by atoms with Crippen molar-refractivity contribution in [1.82, 2.24) is 39.7 Å². The van der Waals surface area contributed by atoms with Crippen LogP contribution in [0.3, 0.4) is 0 Å². The summed E-state index contributed by atoms with van der Waals surface area (Å²) in [5.74, 6) is -4.77. The number of carbonyl (C=O) groups is 1. The Hall–Kier alpha value is -4.56. The number of hydrogen-bond donors (Lipinski definition) is 1. The van der Waals surface area contributed by atoms with Crippen LogP contribution in [0.2, 0.25) is 0 Å². The number of ether oxygens (including phenoxy) is 1. The lowest BCUT2D eigenvalue weighted by atomic mass is 9.92. The normalized spacial score (nSPS) is 16.8. The van der Waals surface area contributed by atoms with E-state index in [1.165, 1.54) is 32.9 Å². The van der Waals surface area contributed by atoms with Crippen LogP contribution in [0.4, 0.5) is 18.9 Å². The summed E-state index contributed by atoms with van der Waals surface area (Å²) in [7, 11) is 1.69. The monoisotopic (exact) mass is 543 g/mol. The number of halogens is 3. The van der Waals surface area contributed by atoms with E-state index in [2.05, 4.69) is 30.4 Å². The van der Waals surface area contributed by atoms with E-state index in [1.54, 1.807) is 26.1 Å². The fourth-order valence-corrected chi connectivity index (χ4v) is 4.63. The SMILES string of the molecule is Cc1nc(-c2nnn(C)c2COc2cc(-n3cc(F)cn3)ncn2)ccc1N1CC(CC(=O)O)CC(F)(F)C1. The van der Waals surface area contributed by atoms with E-state index in [1.807, 2.05) is 0 Å². The van der Waals surface area contributed by atoms with Crippen LogP contribution < -0.4 is 9.64 Å². The van der Waals surface area contributed by atoms with Gasteiger partial charge < -0.3 is 14.7 Å². The predicted octanol–water partition coefficient (Wildman–Crippen LogP) is 2.82. The number of alkyl halides is 2. The Labute approximate surface area is 220 Å². The molecule has 1 N–H and O–H groups in total. The average Bonchev–Trinajstić information content (AvgIpc) is 3.46. The van der Waals surface area contributed by atoms with E-state index in [4.69, 9.17) is 9.84 Å². The van der Waals surface area contributed by atoms with Crippen LogP contribution in [0.25, 0.3) is 17.2 Å². The van der Waals surface area contributed by atoms with Crippen LogP contribution in [0, 0.1) is 18.7 Å². The molecule has 0 spiro atoms. The van der Waals surface area contributed by atoms with E-state index >= 15 is 0 Å². The zero-order valence-electron chi connectivity index (χ0n) is 21.0. The van der Waals surface area contributed by atoms with Crippen molar-refractivity contribution in [2.75, 3.05) is 18.0 Å². The first kappa shape index (κ1) is 26.1. The fourth-order valence-electron chi connectivity index (χ4n) is 4.63. The molecule has 0 saturated carbocycles. The number of aromatic nitrogens is 8. The maximum atomic E-state index is 14.4. The number of aliphatic carboxylic acids is 1. The van der Waals surface area contributed by atoms with Gasteiger partial charge in [0.05, 0.1) is 42.4 Å². The summed E-state index contributed by atoms with van der Waals surface area (Å²) < 4.78 is 50.7. The first-order valence-corrected chi connectivity index (χ1v) is 11.9. The second-order valence-corrected chi connectivity index (χ2v) is 9.32. The molecular weight excluding hydrogens is 519 g/mol. The van der Waals surface area contributed by atoms with Gasteiger partial charge in [-0.05, 0) is 25.0 Å². The van der Waals surface area contributed by atoms with Gasteiger partial charge in [0.25, 0.3) is 5.92 Å². The molecule has 0 bridgehead atoms. The Bertz CT molecular complexity index is 1510. The van der Waals surface area contributed by atoms with Gasteiger partial charge in [-0.15, -0.1) is 5.10 Å². The molecule has 5 rings (SSSR count). The minimum absolute atomic E-state index is 0.0143. The number of anilines is 1. The van der Waals surface area contributed by atoms with Gasteiger partial charge in [0.2, 0.25) is 5.88 Å². The molecule has 0 aromatic carbocycles. The topological polar surface area (TPSA) is 137 Å². The molecule has 1 saturated heterocycles. The van der Waals surface area contributed by atoms with Crippen molar-refractivity contribution < 1.29 is 27.8 Å². The predicted molar refractivity (Wildman–Crippen MR) is 130 cm³/mol. The Morgan fingerprint density at radius 2 is 2.10 bits per heavy atom. The Morgan fingerprint density at radius 3 is 2.82 bits per heavy atom. The van der Waals surface area contributed by atoms with Crippen molar-refractivity contribution in [1.29, 1.82) is 0 Å². The van der Waals surface area contributed by atoms with Gasteiger partial charge in [0.1, 0.15) is 24.3 Å². The minimum Gasteiger partial charge on any atom is -0.481 e. The number of carboxylic acids is 1. The highest BCUT2D eigenvalue weighted by molar-refractivity contribution is 5.67. The summed E-state index contributed by atoms with van der Waals surface area (Å²) in [6, 6.07) is 4.83. The van der Waals surface area contributed by atoms with Crippen LogP contribution in [-0.4, -0.2) is 69.8 Å². The molecule has 5 heterocycles. The molecular formula is C24H24F3N9O3. The maximum absolute atomic E-state index is 14.4. The van der Waals surface area contributed by atoms with Gasteiger partial charge >= 0.3 is 5.97 Å². The molecule has 15 heteroatoms. The molecule has 4 aromatic heterocycles. The van der Waals surface area contributed by atoms with Crippen molar-refractivity contribution in [3.05, 3.63) is 54.1 Å². The van der Waals surface area contributed by atoms with Crippen molar-refractivity contribution in [3.8, 4) is 23.1 Å². The van der Waals surface area contributed by atoms with Crippen molar-refractivity contribution in [3.63, 3.8) is 0 Å². The lowest BCUT2D eigenvalue weighted by Gasteiger charge is -2.39. The van der Waals surface area contributed by atoms with Gasteiger partial charge in [0, 0.05) is 26.1 Å². The summed E-state index contributed by atoms with van der Waals surface area (Å²) in [4.78, 5) is 25.3. The molecule has 1 aliphatic rings. The molecule has 1 fully saturated rings. The van der Waals surface area contributed by atoms with Gasteiger partial charge in [-0.25, -0.2) is 37.5 Å². The quantitative estimate of drug-likeness (QED) is 0.353. The molecule has 204 valence electrons. The van der Waals surface area contributed by atoms with Crippen molar-refractivity contribution in [2.24, 2.45) is 13.0 Å². The van der Waals surface area contributed by atoms with Gasteiger partial charge in [-0.3, -0.25) is 4.79 Å². The number of aryl methyl sites for hydroxylation is 2. The number of nitrogens with zero attached hydrogens (tertiary/aromatic N) is 9. The molecule has 0 amide bonds. The summed E-state index contributed by atoms with van der Waals surface area (Å²) in [5.41, 5.74) is 2.46. The summed E-state index contributed by atoms with van der Waals surface area (Å²) in [6.07, 6.45) is 2.70. The highest BCUT2D eigenvalue weighted by Crippen LogP contribution is 2.36. The van der Waals surface area contributed by atoms with Crippen molar-refractivity contribution in [2.45, 2.75) is 32.3 Å². The highest BCUT2D eigenvalue weighted by Gasteiger charge is 2.41. The largest absolute Gasteiger partial charge is 0.481 e. The number of piperidine rings is 1. The van der Waals surface area contributed by atoms with Crippen LogP contribution in [0.1, 0.15) is 24.2 Å². The summed E-state index contributed by atoms with van der Waals surface area (Å²) in [5, 5.41) is 21.2. The first-order valence-electron chi connectivity index (χ1n) is 11.9. The smallest absolute Gasteiger partial charge is 0.303 e. The van der Waals surface area contributed by atoms with E-state index in [0.29, 0.717) is 34.3 Å². The van der Waals surface area contributed by atoms with E-state index in [-0.39, 0.29) is 25.5 Å². The third kappa shape index (κ3) is 5.81. The van der Waals surface area contributed by atoms with Gasteiger partial charge in [-0.1, -0.05) is 5.21 Å². The van der Waals surface area contributed by atoms with E-state index in [9.17, 15) is 18.0 Å². The molecule has 0 aliphatic carbocycles. The van der Waals surface area contributed by atoms with E-state index < -0.39 is 36.6 Å². The van der Waals surface area contributed by atoms with Crippen LogP contribution >= 0.6 is 0 Å². The molecule has 1 unspecified atom stereocenters. The average molecular weight is 544 g/mol. The highest BCUT2D eigenvalue weighted by atomic mass is 19.3.